The van der Waals surface area contributed by atoms with E-state index in [1.807, 2.05) is 6.92 Å². The second-order valence-electron chi connectivity index (χ2n) is 5.61. The third kappa shape index (κ3) is 3.72. The average Bonchev–Trinajstić information content (AvgIpc) is 2.39. The highest BCUT2D eigenvalue weighted by Gasteiger charge is 2.29. The van der Waals surface area contributed by atoms with Crippen LogP contribution in [0.25, 0.3) is 0 Å². The van der Waals surface area contributed by atoms with Crippen molar-refractivity contribution in [1.29, 1.82) is 0 Å². The number of carboxylic acids is 1. The van der Waals surface area contributed by atoms with E-state index in [1.165, 1.54) is 5.57 Å². The Morgan fingerprint density at radius 3 is 2.89 bits per heavy atom. The predicted molar refractivity (Wildman–Crippen MR) is 71.9 cm³/mol. The summed E-state index contributed by atoms with van der Waals surface area (Å²) in [6.07, 6.45) is 6.11. The van der Waals surface area contributed by atoms with Gasteiger partial charge >= 0.3 is 12.0 Å². The van der Waals surface area contributed by atoms with Gasteiger partial charge in [0.25, 0.3) is 0 Å². The fourth-order valence-corrected chi connectivity index (χ4v) is 2.90. The van der Waals surface area contributed by atoms with Crippen LogP contribution in [0.15, 0.2) is 11.6 Å². The summed E-state index contributed by atoms with van der Waals surface area (Å²) < 4.78 is 0. The third-order valence-corrected chi connectivity index (χ3v) is 3.97. The molecule has 0 aromatic heterocycles. The largest absolute Gasteiger partial charge is 0.481 e. The van der Waals surface area contributed by atoms with Gasteiger partial charge in [0.05, 0.1) is 5.92 Å². The molecule has 0 aromatic rings. The number of carbonyl (C=O) groups is 2. The first-order chi connectivity index (χ1) is 9.06. The van der Waals surface area contributed by atoms with Gasteiger partial charge in [-0.2, -0.15) is 0 Å². The Kier molecular flexibility index (Phi) is 4.45. The van der Waals surface area contributed by atoms with Crippen LogP contribution < -0.4 is 5.32 Å². The van der Waals surface area contributed by atoms with E-state index >= 15 is 0 Å². The van der Waals surface area contributed by atoms with Crippen molar-refractivity contribution >= 4 is 12.0 Å². The van der Waals surface area contributed by atoms with Crippen LogP contribution in [0.1, 0.15) is 39.0 Å². The Morgan fingerprint density at radius 1 is 1.42 bits per heavy atom. The average molecular weight is 266 g/mol. The lowest BCUT2D eigenvalue weighted by molar-refractivity contribution is -0.143. The van der Waals surface area contributed by atoms with Crippen LogP contribution in [-0.4, -0.2) is 41.1 Å². The standard InChI is InChI=1S/C14H22N2O3/c1-10-4-3-7-16(9-10)14(19)15-12-6-2-5-11(8-12)13(17)18/h4,11-12H,2-3,5-9H2,1H3,(H,15,19)(H,17,18). The Bertz CT molecular complexity index is 392. The van der Waals surface area contributed by atoms with Crippen LogP contribution in [0.4, 0.5) is 4.79 Å². The maximum absolute atomic E-state index is 12.1. The summed E-state index contributed by atoms with van der Waals surface area (Å²) in [5, 5.41) is 12.0. The molecule has 2 amide bonds. The van der Waals surface area contributed by atoms with E-state index in [0.717, 1.165) is 32.2 Å². The van der Waals surface area contributed by atoms with Crippen molar-refractivity contribution in [3.63, 3.8) is 0 Å². The number of carbonyl (C=O) groups excluding carboxylic acids is 1. The van der Waals surface area contributed by atoms with Crippen molar-refractivity contribution in [2.75, 3.05) is 13.1 Å². The van der Waals surface area contributed by atoms with E-state index in [-0.39, 0.29) is 18.0 Å². The van der Waals surface area contributed by atoms with Crippen molar-refractivity contribution in [3.05, 3.63) is 11.6 Å². The van der Waals surface area contributed by atoms with Gasteiger partial charge in [-0.3, -0.25) is 4.79 Å². The minimum atomic E-state index is -0.740. The molecular formula is C14H22N2O3. The van der Waals surface area contributed by atoms with Gasteiger partial charge in [-0.05, 0) is 32.6 Å². The van der Waals surface area contributed by atoms with Crippen LogP contribution in [0.5, 0.6) is 0 Å². The van der Waals surface area contributed by atoms with Crippen molar-refractivity contribution in [2.45, 2.75) is 45.1 Å². The maximum atomic E-state index is 12.1. The number of nitrogens with zero attached hydrogens (tertiary/aromatic N) is 1. The van der Waals surface area contributed by atoms with Gasteiger partial charge in [-0.15, -0.1) is 0 Å². The number of nitrogens with one attached hydrogen (secondary N) is 1. The lowest BCUT2D eigenvalue weighted by atomic mass is 9.86. The maximum Gasteiger partial charge on any atom is 0.317 e. The summed E-state index contributed by atoms with van der Waals surface area (Å²) >= 11 is 0. The molecule has 2 unspecified atom stereocenters. The molecule has 5 heteroatoms. The number of urea groups is 1. The van der Waals surface area contributed by atoms with E-state index in [9.17, 15) is 9.59 Å². The third-order valence-electron chi connectivity index (χ3n) is 3.97. The Balaban J connectivity index is 1.85. The van der Waals surface area contributed by atoms with Gasteiger partial charge in [0.2, 0.25) is 0 Å². The molecule has 0 aromatic carbocycles. The van der Waals surface area contributed by atoms with Gasteiger partial charge in [-0.25, -0.2) is 4.79 Å². The summed E-state index contributed by atoms with van der Waals surface area (Å²) in [7, 11) is 0. The second kappa shape index (κ2) is 6.08. The fourth-order valence-electron chi connectivity index (χ4n) is 2.90. The number of hydrogen-bond acceptors (Lipinski definition) is 2. The molecule has 1 fully saturated rings. The first kappa shape index (κ1) is 13.9. The molecule has 2 atom stereocenters. The zero-order valence-electron chi connectivity index (χ0n) is 11.4. The quantitative estimate of drug-likeness (QED) is 0.751. The number of rotatable bonds is 2. The van der Waals surface area contributed by atoms with Gasteiger partial charge in [0.1, 0.15) is 0 Å². The molecule has 1 heterocycles. The molecule has 2 aliphatic rings. The van der Waals surface area contributed by atoms with Gasteiger partial charge in [-0.1, -0.05) is 18.1 Å². The zero-order chi connectivity index (χ0) is 13.8. The minimum Gasteiger partial charge on any atom is -0.481 e. The molecule has 2 rings (SSSR count). The fraction of sp³-hybridized carbons (Fsp3) is 0.714. The van der Waals surface area contributed by atoms with Crippen LogP contribution in [0, 0.1) is 5.92 Å². The molecule has 0 saturated heterocycles. The molecule has 1 aliphatic carbocycles. The number of carboxylic acid groups (broad SMARTS) is 1. The van der Waals surface area contributed by atoms with Gasteiger partial charge in [0, 0.05) is 19.1 Å². The molecule has 19 heavy (non-hydrogen) atoms. The molecule has 2 N–H and O–H groups in total. The lowest BCUT2D eigenvalue weighted by Crippen LogP contribution is -2.48. The summed E-state index contributed by atoms with van der Waals surface area (Å²) in [5.41, 5.74) is 1.22. The highest BCUT2D eigenvalue weighted by atomic mass is 16.4. The molecule has 1 aliphatic heterocycles. The normalized spacial score (nSPS) is 27.6. The number of amides is 2. The van der Waals surface area contributed by atoms with E-state index in [1.54, 1.807) is 4.90 Å². The lowest BCUT2D eigenvalue weighted by Gasteiger charge is -2.32. The smallest absolute Gasteiger partial charge is 0.317 e. The molecule has 0 radical (unpaired) electrons. The van der Waals surface area contributed by atoms with E-state index in [0.29, 0.717) is 13.0 Å². The van der Waals surface area contributed by atoms with E-state index in [4.69, 9.17) is 5.11 Å². The summed E-state index contributed by atoms with van der Waals surface area (Å²) in [6.45, 7) is 3.46. The molecule has 106 valence electrons. The van der Waals surface area contributed by atoms with Crippen LogP contribution in [0.2, 0.25) is 0 Å². The van der Waals surface area contributed by atoms with Crippen molar-refractivity contribution < 1.29 is 14.7 Å². The Morgan fingerprint density at radius 2 is 2.21 bits per heavy atom. The molecular weight excluding hydrogens is 244 g/mol. The Hall–Kier alpha value is -1.52. The molecule has 1 saturated carbocycles. The highest BCUT2D eigenvalue weighted by Crippen LogP contribution is 2.24. The first-order valence-corrected chi connectivity index (χ1v) is 7.00. The van der Waals surface area contributed by atoms with Crippen molar-refractivity contribution in [2.24, 2.45) is 5.92 Å². The topological polar surface area (TPSA) is 69.6 Å². The predicted octanol–water partition coefficient (Wildman–Crippen LogP) is 1.99. The number of hydrogen-bond donors (Lipinski definition) is 2. The molecule has 0 bridgehead atoms. The molecule has 5 nitrogen and oxygen atoms in total. The van der Waals surface area contributed by atoms with E-state index in [2.05, 4.69) is 11.4 Å². The van der Waals surface area contributed by atoms with Crippen molar-refractivity contribution in [3.8, 4) is 0 Å². The minimum absolute atomic E-state index is 0.00793. The first-order valence-electron chi connectivity index (χ1n) is 7.00. The summed E-state index contributed by atoms with van der Waals surface area (Å²) in [4.78, 5) is 24.9. The van der Waals surface area contributed by atoms with Crippen LogP contribution in [-0.2, 0) is 4.79 Å². The monoisotopic (exact) mass is 266 g/mol. The summed E-state index contributed by atoms with van der Waals surface area (Å²) in [6, 6.07) is -0.0444. The Labute approximate surface area is 113 Å². The van der Waals surface area contributed by atoms with Gasteiger partial charge < -0.3 is 15.3 Å². The second-order valence-corrected chi connectivity index (χ2v) is 5.61. The van der Waals surface area contributed by atoms with E-state index < -0.39 is 5.97 Å². The molecule has 0 spiro atoms. The SMILES string of the molecule is CC1=CCCN(C(=O)NC2CCCC(C(=O)O)C2)C1. The van der Waals surface area contributed by atoms with Crippen LogP contribution >= 0.6 is 0 Å². The van der Waals surface area contributed by atoms with Gasteiger partial charge in [0.15, 0.2) is 0 Å². The summed E-state index contributed by atoms with van der Waals surface area (Å²) in [5.74, 6) is -1.04. The zero-order valence-corrected chi connectivity index (χ0v) is 11.4. The highest BCUT2D eigenvalue weighted by molar-refractivity contribution is 5.75. The van der Waals surface area contributed by atoms with Crippen molar-refractivity contribution in [1.82, 2.24) is 10.2 Å². The van der Waals surface area contributed by atoms with Crippen LogP contribution in [0.3, 0.4) is 0 Å². The number of aliphatic carboxylic acids is 1.